The summed E-state index contributed by atoms with van der Waals surface area (Å²) in [7, 11) is 1.95. The van der Waals surface area contributed by atoms with Gasteiger partial charge in [0.1, 0.15) is 24.2 Å². The van der Waals surface area contributed by atoms with Gasteiger partial charge >= 0.3 is 5.97 Å². The third-order valence-electron chi connectivity index (χ3n) is 5.59. The molecule has 1 fully saturated rings. The standard InChI is InChI=1S/C22H18FN7O5S4/c1-29-4-2-12-11(7-29)6-13(38-12)36-5-3-10-8-37-20-15(19(32)30(20)16(10)21(33)34)25-18(31)14(27-35-9-23)17-26-22(24)39-28-17/h2-7,15,20H,8-9H2,1H3,(H3-,24,25,26,28,31,33,34)/p+1/b5-3+,27-14-/t15-,20-/m1/s1. The number of carboxylic acid groups (broad SMARTS) is 1. The minimum absolute atomic E-state index is 0.0518. The number of hydrogen-bond acceptors (Lipinski definition) is 12. The molecular formula is C22H19FN7O5S4+. The van der Waals surface area contributed by atoms with Crippen molar-refractivity contribution in [1.82, 2.24) is 19.6 Å². The van der Waals surface area contributed by atoms with E-state index >= 15 is 0 Å². The van der Waals surface area contributed by atoms with E-state index in [1.807, 2.05) is 30.1 Å². The number of pyridine rings is 1. The van der Waals surface area contributed by atoms with Gasteiger partial charge < -0.3 is 21.0 Å². The number of fused-ring (bicyclic) bond motifs is 2. The number of thiophene rings is 1. The van der Waals surface area contributed by atoms with Gasteiger partial charge in [0.2, 0.25) is 11.5 Å². The molecule has 2 atom stereocenters. The van der Waals surface area contributed by atoms with E-state index in [0.717, 1.165) is 30.7 Å². The lowest BCUT2D eigenvalue weighted by Crippen LogP contribution is -2.71. The van der Waals surface area contributed by atoms with Crippen molar-refractivity contribution < 1.29 is 33.3 Å². The summed E-state index contributed by atoms with van der Waals surface area (Å²) in [5.74, 6) is -2.63. The maximum atomic E-state index is 13.0. The normalized spacial score (nSPS) is 19.4. The molecule has 1 saturated heterocycles. The predicted molar refractivity (Wildman–Crippen MR) is 146 cm³/mol. The van der Waals surface area contributed by atoms with Crippen LogP contribution in [0.15, 0.2) is 56.6 Å². The number of hydrogen-bond donors (Lipinski definition) is 3. The molecule has 202 valence electrons. The molecule has 0 saturated carbocycles. The van der Waals surface area contributed by atoms with Crippen LogP contribution in [0.5, 0.6) is 0 Å². The summed E-state index contributed by atoms with van der Waals surface area (Å²) in [5, 5.41) is 18.1. The fourth-order valence-corrected chi connectivity index (χ4v) is 7.60. The second kappa shape index (κ2) is 11.3. The second-order valence-corrected chi connectivity index (χ2v) is 12.3. The van der Waals surface area contributed by atoms with E-state index in [9.17, 15) is 23.9 Å². The minimum atomic E-state index is -1.30. The van der Waals surface area contributed by atoms with Gasteiger partial charge in [0.25, 0.3) is 18.7 Å². The van der Waals surface area contributed by atoms with Crippen molar-refractivity contribution >= 4 is 85.1 Å². The molecule has 2 aliphatic heterocycles. The molecule has 17 heteroatoms. The number of carbonyl (C=O) groups excluding carboxylic acids is 2. The maximum Gasteiger partial charge on any atom is 0.352 e. The number of rotatable bonds is 9. The highest BCUT2D eigenvalue weighted by Gasteiger charge is 2.54. The number of carbonyl (C=O) groups is 3. The van der Waals surface area contributed by atoms with Gasteiger partial charge in [0, 0.05) is 28.1 Å². The lowest BCUT2D eigenvalue weighted by molar-refractivity contribution is -0.670. The molecule has 0 bridgehead atoms. The molecule has 3 aromatic rings. The number of oxime groups is 1. The van der Waals surface area contributed by atoms with Crippen LogP contribution in [0, 0.1) is 0 Å². The van der Waals surface area contributed by atoms with Crippen LogP contribution in [-0.2, 0) is 26.3 Å². The van der Waals surface area contributed by atoms with Crippen LogP contribution in [0.1, 0.15) is 5.82 Å². The molecule has 0 spiro atoms. The number of halogens is 1. The number of anilines is 1. The summed E-state index contributed by atoms with van der Waals surface area (Å²) >= 11 is 5.19. The Morgan fingerprint density at radius 2 is 2.31 bits per heavy atom. The van der Waals surface area contributed by atoms with Gasteiger partial charge in [-0.1, -0.05) is 16.9 Å². The number of carboxylic acids is 1. The number of aromatic nitrogens is 3. The number of alkyl halides is 1. The van der Waals surface area contributed by atoms with Crippen molar-refractivity contribution in [3.8, 4) is 0 Å². The van der Waals surface area contributed by atoms with Gasteiger partial charge in [-0.3, -0.25) is 14.5 Å². The number of nitrogens with zero attached hydrogens (tertiary/aromatic N) is 5. The van der Waals surface area contributed by atoms with Crippen LogP contribution < -0.4 is 15.6 Å². The van der Waals surface area contributed by atoms with Gasteiger partial charge in [-0.15, -0.1) is 23.1 Å². The van der Waals surface area contributed by atoms with Crippen LogP contribution in [0.25, 0.3) is 10.1 Å². The third kappa shape index (κ3) is 5.47. The topological polar surface area (TPSA) is 164 Å². The fraction of sp³-hybridized carbons (Fsp3) is 0.227. The highest BCUT2D eigenvalue weighted by molar-refractivity contribution is 8.04. The van der Waals surface area contributed by atoms with E-state index in [1.54, 1.807) is 22.8 Å². The first-order valence-electron chi connectivity index (χ1n) is 11.1. The van der Waals surface area contributed by atoms with Gasteiger partial charge in [-0.25, -0.2) is 13.8 Å². The zero-order valence-corrected chi connectivity index (χ0v) is 23.2. The van der Waals surface area contributed by atoms with Crippen molar-refractivity contribution in [3.05, 3.63) is 53.1 Å². The smallest absolute Gasteiger partial charge is 0.352 e. The first-order chi connectivity index (χ1) is 18.8. The molecule has 3 aromatic heterocycles. The minimum Gasteiger partial charge on any atom is -0.477 e. The number of thioether (sulfide) groups is 2. The van der Waals surface area contributed by atoms with Crippen LogP contribution in [0.3, 0.4) is 0 Å². The zero-order chi connectivity index (χ0) is 27.7. The molecule has 39 heavy (non-hydrogen) atoms. The molecule has 4 N–H and O–H groups in total. The summed E-state index contributed by atoms with van der Waals surface area (Å²) < 4.78 is 20.5. The zero-order valence-electron chi connectivity index (χ0n) is 19.9. The van der Waals surface area contributed by atoms with Crippen molar-refractivity contribution in [2.75, 3.05) is 18.3 Å². The van der Waals surface area contributed by atoms with Crippen LogP contribution >= 0.6 is 46.4 Å². The number of nitrogen functional groups attached to an aromatic ring is 1. The summed E-state index contributed by atoms with van der Waals surface area (Å²) in [6.45, 7) is -1.30. The Morgan fingerprint density at radius 3 is 3.03 bits per heavy atom. The number of nitrogens with one attached hydrogen (secondary N) is 1. The first-order valence-corrected chi connectivity index (χ1v) is 14.6. The Bertz CT molecular complexity index is 1570. The van der Waals surface area contributed by atoms with Gasteiger partial charge in [0.05, 0.1) is 9.60 Å². The Balaban J connectivity index is 1.30. The molecule has 5 heterocycles. The molecule has 0 radical (unpaired) electrons. The number of aryl methyl sites for hydroxylation is 1. The van der Waals surface area contributed by atoms with E-state index in [1.165, 1.54) is 23.5 Å². The summed E-state index contributed by atoms with van der Waals surface area (Å²) in [6.07, 6.45) is 5.69. The molecule has 12 nitrogen and oxygen atoms in total. The Labute approximate surface area is 236 Å². The summed E-state index contributed by atoms with van der Waals surface area (Å²) in [5.41, 5.74) is 5.42. The average molecular weight is 609 g/mol. The third-order valence-corrected chi connectivity index (χ3v) is 9.50. The lowest BCUT2D eigenvalue weighted by atomic mass is 10.0. The molecular weight excluding hydrogens is 590 g/mol. The van der Waals surface area contributed by atoms with Crippen LogP contribution in [0.4, 0.5) is 9.52 Å². The van der Waals surface area contributed by atoms with E-state index in [2.05, 4.69) is 30.7 Å². The number of β-lactam (4-membered cyclic amide) rings is 1. The van der Waals surface area contributed by atoms with E-state index in [0.29, 0.717) is 11.3 Å². The number of nitrogens with two attached hydrogens (primary N) is 1. The van der Waals surface area contributed by atoms with Crippen molar-refractivity contribution in [1.29, 1.82) is 0 Å². The number of allylic oxidation sites excluding steroid dienone is 1. The Hall–Kier alpha value is -3.54. The molecule has 0 aliphatic carbocycles. The highest BCUT2D eigenvalue weighted by Crippen LogP contribution is 2.41. The Morgan fingerprint density at radius 1 is 1.49 bits per heavy atom. The van der Waals surface area contributed by atoms with Crippen molar-refractivity contribution in [3.63, 3.8) is 0 Å². The molecule has 0 unspecified atom stereocenters. The van der Waals surface area contributed by atoms with Gasteiger partial charge in [-0.05, 0) is 23.1 Å². The predicted octanol–water partition coefficient (Wildman–Crippen LogP) is 1.85. The van der Waals surface area contributed by atoms with E-state index in [4.69, 9.17) is 5.73 Å². The quantitative estimate of drug-likeness (QED) is 0.107. The summed E-state index contributed by atoms with van der Waals surface area (Å²) in [6, 6.07) is 3.06. The number of aliphatic carboxylic acids is 1. The molecule has 0 aromatic carbocycles. The van der Waals surface area contributed by atoms with Crippen LogP contribution in [-0.4, -0.2) is 66.9 Å². The second-order valence-electron chi connectivity index (χ2n) is 8.09. The highest BCUT2D eigenvalue weighted by atomic mass is 32.2. The fourth-order valence-electron chi connectivity index (χ4n) is 3.90. The molecule has 2 aliphatic rings. The summed E-state index contributed by atoms with van der Waals surface area (Å²) in [4.78, 5) is 47.3. The van der Waals surface area contributed by atoms with Crippen molar-refractivity contribution in [2.45, 2.75) is 15.6 Å². The lowest BCUT2D eigenvalue weighted by Gasteiger charge is -2.49. The largest absolute Gasteiger partial charge is 0.477 e. The van der Waals surface area contributed by atoms with Crippen molar-refractivity contribution in [2.24, 2.45) is 12.2 Å². The monoisotopic (exact) mass is 608 g/mol. The SMILES string of the molecule is C[n+]1ccc2sc(S/C=C/C3=C(C(=O)O)N4C(=O)[C@@H](NC(=O)/C(=N\OCF)c5nsc(N)n5)[C@H]4SC3)cc2c1. The molecule has 2 amide bonds. The average Bonchev–Trinajstić information content (AvgIpc) is 3.52. The van der Waals surface area contributed by atoms with Crippen LogP contribution in [0.2, 0.25) is 0 Å². The first kappa shape index (κ1) is 27.0. The van der Waals surface area contributed by atoms with Gasteiger partial charge in [0.15, 0.2) is 17.5 Å². The maximum absolute atomic E-state index is 13.0. The van der Waals surface area contributed by atoms with E-state index < -0.39 is 41.8 Å². The Kier molecular flexibility index (Phi) is 7.83. The van der Waals surface area contributed by atoms with Gasteiger partial charge in [-0.2, -0.15) is 9.36 Å². The molecule has 5 rings (SSSR count). The number of amides is 2. The van der Waals surface area contributed by atoms with E-state index in [-0.39, 0.29) is 16.7 Å².